The summed E-state index contributed by atoms with van der Waals surface area (Å²) < 4.78 is 0. The molecule has 0 fully saturated rings. The van der Waals surface area contributed by atoms with E-state index in [2.05, 4.69) is 23.5 Å². The SMILES string of the molecule is NCCC1=CC=CC2NC=C(CO)C12. The summed E-state index contributed by atoms with van der Waals surface area (Å²) in [5.74, 6) is 0.327. The average Bonchev–Trinajstić information content (AvgIpc) is 2.62. The van der Waals surface area contributed by atoms with Crippen LogP contribution >= 0.6 is 0 Å². The molecule has 0 saturated heterocycles. The Kier molecular flexibility index (Phi) is 2.70. The first-order valence-electron chi connectivity index (χ1n) is 5.00. The predicted octanol–water partition coefficient (Wildman–Crippen LogP) is 0.296. The van der Waals surface area contributed by atoms with E-state index < -0.39 is 0 Å². The minimum atomic E-state index is 0.129. The summed E-state index contributed by atoms with van der Waals surface area (Å²) in [6.07, 6.45) is 9.14. The van der Waals surface area contributed by atoms with Gasteiger partial charge in [-0.2, -0.15) is 0 Å². The summed E-state index contributed by atoms with van der Waals surface area (Å²) in [6, 6.07) is 0.323. The molecule has 2 rings (SSSR count). The Balaban J connectivity index is 2.20. The van der Waals surface area contributed by atoms with Gasteiger partial charge in [0.2, 0.25) is 0 Å². The first-order valence-corrected chi connectivity index (χ1v) is 5.00. The number of hydrogen-bond donors (Lipinski definition) is 3. The molecular weight excluding hydrogens is 176 g/mol. The number of fused-ring (bicyclic) bond motifs is 1. The quantitative estimate of drug-likeness (QED) is 0.602. The highest BCUT2D eigenvalue weighted by Gasteiger charge is 2.31. The van der Waals surface area contributed by atoms with Gasteiger partial charge in [-0.1, -0.05) is 23.8 Å². The van der Waals surface area contributed by atoms with Crippen molar-refractivity contribution in [1.82, 2.24) is 5.32 Å². The van der Waals surface area contributed by atoms with Crippen molar-refractivity contribution in [3.05, 3.63) is 35.6 Å². The summed E-state index contributed by atoms with van der Waals surface area (Å²) in [5, 5.41) is 12.5. The maximum absolute atomic E-state index is 9.20. The van der Waals surface area contributed by atoms with Gasteiger partial charge in [-0.3, -0.25) is 0 Å². The fourth-order valence-electron chi connectivity index (χ4n) is 2.21. The van der Waals surface area contributed by atoms with Crippen LogP contribution in [0.4, 0.5) is 0 Å². The van der Waals surface area contributed by atoms with Gasteiger partial charge in [0.05, 0.1) is 12.6 Å². The fourth-order valence-corrected chi connectivity index (χ4v) is 2.21. The maximum Gasteiger partial charge on any atom is 0.0665 e. The lowest BCUT2D eigenvalue weighted by molar-refractivity contribution is 0.318. The number of aliphatic hydroxyl groups is 1. The fraction of sp³-hybridized carbons (Fsp3) is 0.455. The Labute approximate surface area is 84.0 Å². The Morgan fingerprint density at radius 1 is 1.43 bits per heavy atom. The van der Waals surface area contributed by atoms with Gasteiger partial charge < -0.3 is 16.2 Å². The van der Waals surface area contributed by atoms with Crippen molar-refractivity contribution >= 4 is 0 Å². The largest absolute Gasteiger partial charge is 0.392 e. The lowest BCUT2D eigenvalue weighted by Crippen LogP contribution is -2.29. The molecule has 0 bridgehead atoms. The first kappa shape index (κ1) is 9.49. The molecule has 0 radical (unpaired) electrons. The third-order valence-electron chi connectivity index (χ3n) is 2.86. The minimum absolute atomic E-state index is 0.129. The van der Waals surface area contributed by atoms with Crippen molar-refractivity contribution in [2.75, 3.05) is 13.2 Å². The predicted molar refractivity (Wildman–Crippen MR) is 56.5 cm³/mol. The van der Waals surface area contributed by atoms with Crippen LogP contribution in [0.15, 0.2) is 35.6 Å². The van der Waals surface area contributed by atoms with Crippen LogP contribution in [0, 0.1) is 5.92 Å². The molecule has 0 aromatic rings. The van der Waals surface area contributed by atoms with Gasteiger partial charge in [-0.05, 0) is 24.7 Å². The van der Waals surface area contributed by atoms with Gasteiger partial charge in [-0.25, -0.2) is 0 Å². The van der Waals surface area contributed by atoms with E-state index in [1.807, 2.05) is 6.20 Å². The van der Waals surface area contributed by atoms with E-state index in [9.17, 15) is 5.11 Å². The molecule has 76 valence electrons. The van der Waals surface area contributed by atoms with Crippen LogP contribution in [0.25, 0.3) is 0 Å². The van der Waals surface area contributed by atoms with Gasteiger partial charge in [0.25, 0.3) is 0 Å². The van der Waals surface area contributed by atoms with Crippen molar-refractivity contribution < 1.29 is 5.11 Å². The van der Waals surface area contributed by atoms with Crippen molar-refractivity contribution in [1.29, 1.82) is 0 Å². The zero-order valence-electron chi connectivity index (χ0n) is 8.11. The Morgan fingerprint density at radius 3 is 3.00 bits per heavy atom. The van der Waals surface area contributed by atoms with E-state index in [0.717, 1.165) is 12.0 Å². The van der Waals surface area contributed by atoms with Crippen molar-refractivity contribution in [3.63, 3.8) is 0 Å². The normalized spacial score (nSPS) is 29.3. The highest BCUT2D eigenvalue weighted by atomic mass is 16.3. The lowest BCUT2D eigenvalue weighted by atomic mass is 9.83. The van der Waals surface area contributed by atoms with Gasteiger partial charge in [-0.15, -0.1) is 0 Å². The van der Waals surface area contributed by atoms with Crippen LogP contribution < -0.4 is 11.1 Å². The molecule has 1 aliphatic carbocycles. The standard InChI is InChI=1S/C11H16N2O/c12-5-4-8-2-1-3-10-11(8)9(7-14)6-13-10/h1-3,6,10-11,13-14H,4-5,7,12H2. The smallest absolute Gasteiger partial charge is 0.0665 e. The molecule has 0 spiro atoms. The Bertz CT molecular complexity index is 304. The Morgan fingerprint density at radius 2 is 2.29 bits per heavy atom. The van der Waals surface area contributed by atoms with Crippen molar-refractivity contribution in [3.8, 4) is 0 Å². The maximum atomic E-state index is 9.20. The molecule has 2 aliphatic rings. The van der Waals surface area contributed by atoms with Crippen LogP contribution in [0.1, 0.15) is 6.42 Å². The van der Waals surface area contributed by atoms with E-state index in [1.165, 1.54) is 5.57 Å². The average molecular weight is 192 g/mol. The van der Waals surface area contributed by atoms with Gasteiger partial charge >= 0.3 is 0 Å². The molecule has 1 aliphatic heterocycles. The number of rotatable bonds is 3. The second-order valence-electron chi connectivity index (χ2n) is 3.71. The molecule has 2 unspecified atom stereocenters. The zero-order chi connectivity index (χ0) is 9.97. The van der Waals surface area contributed by atoms with Crippen LogP contribution in [0.5, 0.6) is 0 Å². The van der Waals surface area contributed by atoms with Gasteiger partial charge in [0.15, 0.2) is 0 Å². The summed E-state index contributed by atoms with van der Waals surface area (Å²) in [7, 11) is 0. The van der Waals surface area contributed by atoms with E-state index in [4.69, 9.17) is 5.73 Å². The number of allylic oxidation sites excluding steroid dienone is 2. The molecule has 0 aromatic carbocycles. The molecule has 2 atom stereocenters. The summed E-state index contributed by atoms with van der Waals surface area (Å²) in [5.41, 5.74) is 7.95. The van der Waals surface area contributed by atoms with Crippen LogP contribution in [-0.4, -0.2) is 24.3 Å². The molecule has 0 amide bonds. The first-order chi connectivity index (χ1) is 6.86. The summed E-state index contributed by atoms with van der Waals surface area (Å²) in [6.45, 7) is 0.797. The molecule has 14 heavy (non-hydrogen) atoms. The van der Waals surface area contributed by atoms with E-state index in [1.54, 1.807) is 0 Å². The van der Waals surface area contributed by atoms with E-state index >= 15 is 0 Å². The topological polar surface area (TPSA) is 58.3 Å². The third kappa shape index (κ3) is 1.49. The highest BCUT2D eigenvalue weighted by Crippen LogP contribution is 2.32. The van der Waals surface area contributed by atoms with Gasteiger partial charge in [0, 0.05) is 5.92 Å². The summed E-state index contributed by atoms with van der Waals surface area (Å²) in [4.78, 5) is 0. The highest BCUT2D eigenvalue weighted by molar-refractivity contribution is 5.37. The molecular formula is C11H16N2O. The number of nitrogens with two attached hydrogens (primary N) is 1. The number of aliphatic hydroxyl groups excluding tert-OH is 1. The van der Waals surface area contributed by atoms with Crippen LogP contribution in [0.3, 0.4) is 0 Å². The second kappa shape index (κ2) is 3.98. The molecule has 1 heterocycles. The molecule has 0 aromatic heterocycles. The second-order valence-corrected chi connectivity index (χ2v) is 3.71. The minimum Gasteiger partial charge on any atom is -0.392 e. The summed E-state index contributed by atoms with van der Waals surface area (Å²) >= 11 is 0. The van der Waals surface area contributed by atoms with Crippen LogP contribution in [0.2, 0.25) is 0 Å². The monoisotopic (exact) mass is 192 g/mol. The van der Waals surface area contributed by atoms with Crippen molar-refractivity contribution in [2.24, 2.45) is 11.7 Å². The number of nitrogens with one attached hydrogen (secondary N) is 1. The Hall–Kier alpha value is -1.06. The molecule has 3 heteroatoms. The van der Waals surface area contributed by atoms with Gasteiger partial charge in [0.1, 0.15) is 0 Å². The third-order valence-corrected chi connectivity index (χ3v) is 2.86. The van der Waals surface area contributed by atoms with Crippen LogP contribution in [-0.2, 0) is 0 Å². The molecule has 3 nitrogen and oxygen atoms in total. The molecule has 0 saturated carbocycles. The van der Waals surface area contributed by atoms with E-state index in [0.29, 0.717) is 18.5 Å². The van der Waals surface area contributed by atoms with Crippen molar-refractivity contribution in [2.45, 2.75) is 12.5 Å². The molecule has 4 N–H and O–H groups in total. The zero-order valence-corrected chi connectivity index (χ0v) is 8.11. The lowest BCUT2D eigenvalue weighted by Gasteiger charge is -2.25. The van der Waals surface area contributed by atoms with E-state index in [-0.39, 0.29) is 6.61 Å². The number of hydrogen-bond acceptors (Lipinski definition) is 3.